The fourth-order valence-corrected chi connectivity index (χ4v) is 2.83. The van der Waals surface area contributed by atoms with Crippen molar-refractivity contribution in [1.29, 1.82) is 0 Å². The molecule has 0 radical (unpaired) electrons. The number of esters is 1. The Kier molecular flexibility index (Phi) is 4.29. The highest BCUT2D eigenvalue weighted by Crippen LogP contribution is 2.32. The highest BCUT2D eigenvalue weighted by Gasteiger charge is 2.20. The first-order valence-electron chi connectivity index (χ1n) is 7.65. The number of rotatable bonds is 4. The minimum atomic E-state index is -1.03. The van der Waals surface area contributed by atoms with Gasteiger partial charge in [-0.05, 0) is 34.9 Å². The lowest BCUT2D eigenvalue weighted by molar-refractivity contribution is 0.0526. The van der Waals surface area contributed by atoms with Gasteiger partial charge in [-0.25, -0.2) is 9.59 Å². The molecule has 1 N–H and O–H groups in total. The number of benzene rings is 3. The fraction of sp³-hybridized carbons (Fsp3) is 0.100. The molecule has 0 fully saturated rings. The number of fused-ring (bicyclic) bond motifs is 1. The van der Waals surface area contributed by atoms with Crippen molar-refractivity contribution in [3.63, 3.8) is 0 Å². The normalized spacial score (nSPS) is 10.5. The maximum atomic E-state index is 12.2. The van der Waals surface area contributed by atoms with Crippen LogP contribution in [0.5, 0.6) is 0 Å². The molecule has 3 aromatic rings. The van der Waals surface area contributed by atoms with Crippen molar-refractivity contribution < 1.29 is 19.4 Å². The molecule has 0 heterocycles. The first-order chi connectivity index (χ1) is 11.6. The van der Waals surface area contributed by atoms with Gasteiger partial charge >= 0.3 is 11.9 Å². The zero-order valence-corrected chi connectivity index (χ0v) is 13.2. The van der Waals surface area contributed by atoms with Crippen LogP contribution in [0.1, 0.15) is 27.6 Å². The molecular weight excluding hydrogens is 304 g/mol. The lowest BCUT2D eigenvalue weighted by atomic mass is 9.91. The molecule has 4 heteroatoms. The largest absolute Gasteiger partial charge is 0.478 e. The SMILES string of the molecule is CCOC(=O)c1ccccc1-c1ccc2ccccc2c1C(=O)O. The first-order valence-corrected chi connectivity index (χ1v) is 7.65. The van der Waals surface area contributed by atoms with Crippen LogP contribution in [0.4, 0.5) is 0 Å². The van der Waals surface area contributed by atoms with Crippen LogP contribution in [0.3, 0.4) is 0 Å². The van der Waals surface area contributed by atoms with E-state index in [1.807, 2.05) is 18.2 Å². The van der Waals surface area contributed by atoms with Crippen molar-refractivity contribution in [3.05, 3.63) is 71.8 Å². The minimum absolute atomic E-state index is 0.185. The minimum Gasteiger partial charge on any atom is -0.478 e. The molecule has 0 aromatic heterocycles. The van der Waals surface area contributed by atoms with E-state index in [0.717, 1.165) is 5.39 Å². The van der Waals surface area contributed by atoms with Gasteiger partial charge in [0.25, 0.3) is 0 Å². The van der Waals surface area contributed by atoms with Gasteiger partial charge in [-0.15, -0.1) is 0 Å². The summed E-state index contributed by atoms with van der Waals surface area (Å²) < 4.78 is 5.09. The van der Waals surface area contributed by atoms with Crippen LogP contribution in [0.2, 0.25) is 0 Å². The Labute approximate surface area is 139 Å². The molecule has 3 aromatic carbocycles. The van der Waals surface area contributed by atoms with Gasteiger partial charge in [0.05, 0.1) is 17.7 Å². The van der Waals surface area contributed by atoms with E-state index in [1.165, 1.54) is 0 Å². The van der Waals surface area contributed by atoms with Gasteiger partial charge in [-0.2, -0.15) is 0 Å². The van der Waals surface area contributed by atoms with Crippen LogP contribution in [0.25, 0.3) is 21.9 Å². The molecule has 0 amide bonds. The Bertz CT molecular complexity index is 928. The Morgan fingerprint density at radius 3 is 2.38 bits per heavy atom. The molecule has 0 aliphatic rings. The van der Waals surface area contributed by atoms with Crippen molar-refractivity contribution >= 4 is 22.7 Å². The number of carbonyl (C=O) groups excluding carboxylic acids is 1. The van der Waals surface area contributed by atoms with E-state index >= 15 is 0 Å². The average molecular weight is 320 g/mol. The Morgan fingerprint density at radius 1 is 0.917 bits per heavy atom. The molecular formula is C20H16O4. The Hall–Kier alpha value is -3.14. The second-order valence-corrected chi connectivity index (χ2v) is 5.28. The number of carboxylic acids is 1. The van der Waals surface area contributed by atoms with E-state index in [-0.39, 0.29) is 12.2 Å². The van der Waals surface area contributed by atoms with Gasteiger partial charge in [-0.3, -0.25) is 0 Å². The number of aromatic carboxylic acids is 1. The van der Waals surface area contributed by atoms with Gasteiger partial charge in [0.15, 0.2) is 0 Å². The van der Waals surface area contributed by atoms with Crippen molar-refractivity contribution in [3.8, 4) is 11.1 Å². The van der Waals surface area contributed by atoms with E-state index < -0.39 is 11.9 Å². The predicted molar refractivity (Wildman–Crippen MR) is 92.3 cm³/mol. The molecule has 0 spiro atoms. The van der Waals surface area contributed by atoms with Gasteiger partial charge in [0, 0.05) is 0 Å². The monoisotopic (exact) mass is 320 g/mol. The van der Waals surface area contributed by atoms with Gasteiger partial charge < -0.3 is 9.84 Å². The molecule has 0 saturated heterocycles. The molecule has 120 valence electrons. The van der Waals surface area contributed by atoms with Crippen LogP contribution in [-0.4, -0.2) is 23.7 Å². The van der Waals surface area contributed by atoms with E-state index in [1.54, 1.807) is 49.4 Å². The molecule has 0 aliphatic heterocycles. The zero-order chi connectivity index (χ0) is 17.1. The summed E-state index contributed by atoms with van der Waals surface area (Å²) in [4.78, 5) is 24.1. The molecule has 0 bridgehead atoms. The summed E-state index contributed by atoms with van der Waals surface area (Å²) in [6, 6.07) is 17.8. The summed E-state index contributed by atoms with van der Waals surface area (Å²) in [6.45, 7) is 2.00. The summed E-state index contributed by atoms with van der Waals surface area (Å²) in [5.74, 6) is -1.49. The summed E-state index contributed by atoms with van der Waals surface area (Å²) in [5, 5.41) is 11.2. The van der Waals surface area contributed by atoms with Crippen molar-refractivity contribution in [2.45, 2.75) is 6.92 Å². The van der Waals surface area contributed by atoms with Gasteiger partial charge in [0.2, 0.25) is 0 Å². The van der Waals surface area contributed by atoms with Gasteiger partial charge in [0.1, 0.15) is 0 Å². The van der Waals surface area contributed by atoms with E-state index in [2.05, 4.69) is 0 Å². The van der Waals surface area contributed by atoms with Crippen molar-refractivity contribution in [1.82, 2.24) is 0 Å². The third-order valence-corrected chi connectivity index (χ3v) is 3.86. The maximum Gasteiger partial charge on any atom is 0.338 e. The van der Waals surface area contributed by atoms with E-state index in [4.69, 9.17) is 4.74 Å². The van der Waals surface area contributed by atoms with Crippen LogP contribution < -0.4 is 0 Å². The number of carbonyl (C=O) groups is 2. The van der Waals surface area contributed by atoms with Crippen LogP contribution in [-0.2, 0) is 4.74 Å². The molecule has 0 atom stereocenters. The second kappa shape index (κ2) is 6.54. The molecule has 0 aliphatic carbocycles. The maximum absolute atomic E-state index is 12.2. The number of hydrogen-bond donors (Lipinski definition) is 1. The quantitative estimate of drug-likeness (QED) is 0.725. The number of ether oxygens (including phenoxy) is 1. The van der Waals surface area contributed by atoms with E-state index in [0.29, 0.717) is 22.1 Å². The first kappa shape index (κ1) is 15.7. The summed E-state index contributed by atoms with van der Waals surface area (Å²) >= 11 is 0. The third kappa shape index (κ3) is 2.74. The fourth-order valence-electron chi connectivity index (χ4n) is 2.83. The average Bonchev–Trinajstić information content (AvgIpc) is 2.60. The Morgan fingerprint density at radius 2 is 1.62 bits per heavy atom. The molecule has 24 heavy (non-hydrogen) atoms. The summed E-state index contributed by atoms with van der Waals surface area (Å²) in [5.41, 5.74) is 1.60. The van der Waals surface area contributed by atoms with Crippen LogP contribution in [0.15, 0.2) is 60.7 Å². The number of hydrogen-bond acceptors (Lipinski definition) is 3. The van der Waals surface area contributed by atoms with Crippen molar-refractivity contribution in [2.24, 2.45) is 0 Å². The highest BCUT2D eigenvalue weighted by molar-refractivity contribution is 6.11. The second-order valence-electron chi connectivity index (χ2n) is 5.28. The summed E-state index contributed by atoms with van der Waals surface area (Å²) in [6.07, 6.45) is 0. The topological polar surface area (TPSA) is 63.6 Å². The van der Waals surface area contributed by atoms with E-state index in [9.17, 15) is 14.7 Å². The van der Waals surface area contributed by atoms with Gasteiger partial charge in [-0.1, -0.05) is 54.6 Å². The molecule has 3 rings (SSSR count). The standard InChI is InChI=1S/C20H16O4/c1-2-24-20(23)17-10-6-5-9-15(17)16-12-11-13-7-3-4-8-14(13)18(16)19(21)22/h3-12H,2H2,1H3,(H,21,22). The van der Waals surface area contributed by atoms with Crippen LogP contribution >= 0.6 is 0 Å². The molecule has 0 unspecified atom stereocenters. The number of carboxylic acid groups (broad SMARTS) is 1. The molecule has 4 nitrogen and oxygen atoms in total. The predicted octanol–water partition coefficient (Wildman–Crippen LogP) is 4.38. The van der Waals surface area contributed by atoms with Crippen LogP contribution in [0, 0.1) is 0 Å². The third-order valence-electron chi connectivity index (χ3n) is 3.86. The summed E-state index contributed by atoms with van der Waals surface area (Å²) in [7, 11) is 0. The molecule has 0 saturated carbocycles. The zero-order valence-electron chi connectivity index (χ0n) is 13.2. The lowest BCUT2D eigenvalue weighted by Gasteiger charge is -2.13. The smallest absolute Gasteiger partial charge is 0.338 e. The van der Waals surface area contributed by atoms with Crippen molar-refractivity contribution in [2.75, 3.05) is 6.61 Å². The highest BCUT2D eigenvalue weighted by atomic mass is 16.5. The lowest BCUT2D eigenvalue weighted by Crippen LogP contribution is -2.08. The Balaban J connectivity index is 2.30.